The lowest BCUT2D eigenvalue weighted by molar-refractivity contribution is -0.139. The smallest absolute Gasteiger partial charge is 0.399 e. The molecule has 3 aromatic rings. The molecule has 1 N–H and O–H groups in total. The van der Waals surface area contributed by atoms with Gasteiger partial charge in [-0.2, -0.15) is 13.2 Å². The molecule has 216 valence electrons. The number of methoxy groups -OCH3 is 1. The number of hydrogen-bond acceptors (Lipinski definition) is 3. The highest BCUT2D eigenvalue weighted by molar-refractivity contribution is 9.10. The standard InChI is InChI=1S/C29H23BrCl3F3N2O3/c1-38(18-5-7-19(41-2)8-6-18)27(40)28(11-12-28)37-26(39)20-9-3-16(13-22(20)30)4-10-21(29(34,35)36)17-14-23(31)25(33)24(32)15-17/h3-10,13-15,21H,11-12H2,1-2H3,(H,37,39). The van der Waals surface area contributed by atoms with Gasteiger partial charge in [0.2, 0.25) is 0 Å². The molecular formula is C29H23BrCl3F3N2O3. The molecule has 0 saturated heterocycles. The molecule has 1 aliphatic rings. The van der Waals surface area contributed by atoms with Crippen molar-refractivity contribution in [1.82, 2.24) is 5.32 Å². The summed E-state index contributed by atoms with van der Waals surface area (Å²) in [6.45, 7) is 0. The molecule has 4 rings (SSSR count). The molecule has 0 heterocycles. The van der Waals surface area contributed by atoms with Crippen LogP contribution in [0.3, 0.4) is 0 Å². The predicted molar refractivity (Wildman–Crippen MR) is 159 cm³/mol. The zero-order chi connectivity index (χ0) is 30.1. The van der Waals surface area contributed by atoms with E-state index in [9.17, 15) is 22.8 Å². The van der Waals surface area contributed by atoms with E-state index in [0.29, 0.717) is 34.3 Å². The van der Waals surface area contributed by atoms with Crippen LogP contribution >= 0.6 is 50.7 Å². The van der Waals surface area contributed by atoms with E-state index in [-0.39, 0.29) is 32.1 Å². The molecule has 0 radical (unpaired) electrons. The monoisotopic (exact) mass is 688 g/mol. The molecule has 0 spiro atoms. The van der Waals surface area contributed by atoms with Crippen LogP contribution in [0.25, 0.3) is 6.08 Å². The topological polar surface area (TPSA) is 58.6 Å². The maximum absolute atomic E-state index is 13.9. The van der Waals surface area contributed by atoms with Crippen LogP contribution in [0.15, 0.2) is 65.1 Å². The van der Waals surface area contributed by atoms with Crippen LogP contribution in [0.5, 0.6) is 5.75 Å². The fraction of sp³-hybridized carbons (Fsp3) is 0.241. The Morgan fingerprint density at radius 1 is 1.05 bits per heavy atom. The molecule has 1 fully saturated rings. The van der Waals surface area contributed by atoms with E-state index in [1.54, 1.807) is 38.4 Å². The van der Waals surface area contributed by atoms with Crippen molar-refractivity contribution in [3.8, 4) is 5.75 Å². The van der Waals surface area contributed by atoms with E-state index in [4.69, 9.17) is 39.5 Å². The first kappa shape index (κ1) is 31.2. The van der Waals surface area contributed by atoms with Gasteiger partial charge in [-0.05, 0) is 88.4 Å². The first-order chi connectivity index (χ1) is 19.3. The third kappa shape index (κ3) is 7.02. The average molecular weight is 691 g/mol. The van der Waals surface area contributed by atoms with Crippen LogP contribution in [0.4, 0.5) is 18.9 Å². The minimum absolute atomic E-state index is 0.0261. The Morgan fingerprint density at radius 2 is 1.66 bits per heavy atom. The number of hydrogen-bond donors (Lipinski definition) is 1. The van der Waals surface area contributed by atoms with Crippen molar-refractivity contribution >= 4 is 74.3 Å². The lowest BCUT2D eigenvalue weighted by Gasteiger charge is -2.25. The summed E-state index contributed by atoms with van der Waals surface area (Å²) < 4.78 is 47.1. The summed E-state index contributed by atoms with van der Waals surface area (Å²) >= 11 is 21.1. The van der Waals surface area contributed by atoms with E-state index >= 15 is 0 Å². The van der Waals surface area contributed by atoms with E-state index in [2.05, 4.69) is 21.2 Å². The lowest BCUT2D eigenvalue weighted by Crippen LogP contribution is -2.49. The second-order valence-corrected chi connectivity index (χ2v) is 11.6. The first-order valence-electron chi connectivity index (χ1n) is 12.2. The minimum atomic E-state index is -4.63. The number of halogens is 7. The van der Waals surface area contributed by atoms with Crippen molar-refractivity contribution in [3.05, 3.63) is 96.9 Å². The van der Waals surface area contributed by atoms with Crippen molar-refractivity contribution in [2.24, 2.45) is 0 Å². The molecule has 1 atom stereocenters. The van der Waals surface area contributed by atoms with Crippen LogP contribution in [0, 0.1) is 0 Å². The third-order valence-electron chi connectivity index (χ3n) is 6.71. The maximum atomic E-state index is 13.9. The van der Waals surface area contributed by atoms with Gasteiger partial charge in [0.05, 0.1) is 33.7 Å². The quantitative estimate of drug-likeness (QED) is 0.241. The van der Waals surface area contributed by atoms with Crippen molar-refractivity contribution in [2.45, 2.75) is 30.5 Å². The molecule has 1 unspecified atom stereocenters. The summed E-state index contributed by atoms with van der Waals surface area (Å²) in [5.41, 5.74) is 0.0867. The summed E-state index contributed by atoms with van der Waals surface area (Å²) in [6.07, 6.45) is -1.40. The lowest BCUT2D eigenvalue weighted by atomic mass is 9.97. The molecule has 1 aliphatic carbocycles. The van der Waals surface area contributed by atoms with Gasteiger partial charge in [-0.25, -0.2) is 0 Å². The van der Waals surface area contributed by atoms with E-state index in [1.807, 2.05) is 0 Å². The third-order valence-corrected chi connectivity index (χ3v) is 8.57. The zero-order valence-corrected chi connectivity index (χ0v) is 25.5. The predicted octanol–water partition coefficient (Wildman–Crippen LogP) is 8.70. The number of nitrogens with one attached hydrogen (secondary N) is 1. The van der Waals surface area contributed by atoms with Crippen molar-refractivity contribution in [2.75, 3.05) is 19.1 Å². The Morgan fingerprint density at radius 3 is 2.17 bits per heavy atom. The maximum Gasteiger partial charge on any atom is 0.399 e. The average Bonchev–Trinajstić information content (AvgIpc) is 3.70. The number of ether oxygens (including phenoxy) is 1. The number of allylic oxidation sites excluding steroid dienone is 1. The van der Waals surface area contributed by atoms with E-state index < -0.39 is 23.5 Å². The Balaban J connectivity index is 1.49. The Bertz CT molecular complexity index is 1490. The van der Waals surface area contributed by atoms with Crippen LogP contribution in [0.1, 0.15) is 40.2 Å². The fourth-order valence-electron chi connectivity index (χ4n) is 4.24. The number of amides is 2. The van der Waals surface area contributed by atoms with Crippen LogP contribution in [0.2, 0.25) is 15.1 Å². The van der Waals surface area contributed by atoms with Gasteiger partial charge in [-0.1, -0.05) is 53.0 Å². The van der Waals surface area contributed by atoms with Crippen LogP contribution in [-0.2, 0) is 4.79 Å². The number of rotatable bonds is 8. The molecule has 0 aliphatic heterocycles. The minimum Gasteiger partial charge on any atom is -0.497 e. The molecule has 2 amide bonds. The number of alkyl halides is 3. The Labute approximate surface area is 258 Å². The number of likely N-dealkylation sites (N-methyl/N-ethyl adjacent to an activating group) is 1. The van der Waals surface area contributed by atoms with Crippen molar-refractivity contribution in [3.63, 3.8) is 0 Å². The molecule has 1 saturated carbocycles. The van der Waals surface area contributed by atoms with Crippen molar-refractivity contribution in [1.29, 1.82) is 0 Å². The highest BCUT2D eigenvalue weighted by atomic mass is 79.9. The second kappa shape index (κ2) is 12.3. The van der Waals surface area contributed by atoms with Gasteiger partial charge in [0.1, 0.15) is 11.3 Å². The van der Waals surface area contributed by atoms with Gasteiger partial charge in [-0.15, -0.1) is 0 Å². The van der Waals surface area contributed by atoms with Gasteiger partial charge in [-0.3, -0.25) is 9.59 Å². The summed E-state index contributed by atoms with van der Waals surface area (Å²) in [5, 5.41) is 2.64. The van der Waals surface area contributed by atoms with Gasteiger partial charge in [0.25, 0.3) is 11.8 Å². The highest BCUT2D eigenvalue weighted by Gasteiger charge is 2.53. The number of benzene rings is 3. The number of carbonyl (C=O) groups excluding carboxylic acids is 2. The molecule has 0 aromatic heterocycles. The summed E-state index contributed by atoms with van der Waals surface area (Å²) in [4.78, 5) is 27.8. The molecule has 3 aromatic carbocycles. The Hall–Kier alpha value is -2.72. The summed E-state index contributed by atoms with van der Waals surface area (Å²) in [5.74, 6) is -2.09. The molecule has 41 heavy (non-hydrogen) atoms. The van der Waals surface area contributed by atoms with E-state index in [0.717, 1.165) is 18.2 Å². The van der Waals surface area contributed by atoms with Gasteiger partial charge < -0.3 is 15.0 Å². The second-order valence-electron chi connectivity index (χ2n) is 9.51. The fourth-order valence-corrected chi connectivity index (χ4v) is 5.43. The molecule has 0 bridgehead atoms. The normalized spacial score (nSPS) is 15.0. The molecule has 5 nitrogen and oxygen atoms in total. The van der Waals surface area contributed by atoms with Crippen LogP contribution < -0.4 is 15.0 Å². The molecular weight excluding hydrogens is 668 g/mol. The zero-order valence-electron chi connectivity index (χ0n) is 21.7. The summed E-state index contributed by atoms with van der Waals surface area (Å²) in [6, 6.07) is 13.7. The van der Waals surface area contributed by atoms with E-state index in [1.165, 1.54) is 29.2 Å². The first-order valence-corrected chi connectivity index (χ1v) is 14.1. The Kier molecular flexibility index (Phi) is 9.33. The number of nitrogens with zero attached hydrogens (tertiary/aromatic N) is 1. The van der Waals surface area contributed by atoms with Gasteiger partial charge >= 0.3 is 6.18 Å². The SMILES string of the molecule is COc1ccc(N(C)C(=O)C2(NC(=O)c3ccc(C=CC(c4cc(Cl)c(Cl)c(Cl)c4)C(F)(F)F)cc3Br)CC2)cc1. The van der Waals surface area contributed by atoms with Gasteiger partial charge in [0, 0.05) is 17.2 Å². The number of carbonyl (C=O) groups is 2. The largest absolute Gasteiger partial charge is 0.497 e. The van der Waals surface area contributed by atoms with Crippen LogP contribution in [-0.4, -0.2) is 37.7 Å². The number of anilines is 1. The highest BCUT2D eigenvalue weighted by Crippen LogP contribution is 2.42. The summed E-state index contributed by atoms with van der Waals surface area (Å²) in [7, 11) is 3.18. The molecule has 12 heteroatoms. The van der Waals surface area contributed by atoms with Crippen molar-refractivity contribution < 1.29 is 27.5 Å². The van der Waals surface area contributed by atoms with Gasteiger partial charge in [0.15, 0.2) is 0 Å².